The number of sulfonamides is 1. The van der Waals surface area contributed by atoms with E-state index in [2.05, 4.69) is 15.2 Å². The zero-order chi connectivity index (χ0) is 22.4. The van der Waals surface area contributed by atoms with Gasteiger partial charge in [-0.25, -0.2) is 13.4 Å². The maximum Gasteiger partial charge on any atom is 0.265 e. The predicted molar refractivity (Wildman–Crippen MR) is 124 cm³/mol. The molecule has 0 aliphatic carbocycles. The smallest absolute Gasteiger partial charge is 0.265 e. The summed E-state index contributed by atoms with van der Waals surface area (Å²) >= 11 is 0. The zero-order valence-corrected chi connectivity index (χ0v) is 19.3. The summed E-state index contributed by atoms with van der Waals surface area (Å²) in [6.45, 7) is 7.84. The highest BCUT2D eigenvalue weighted by Gasteiger charge is 2.31. The second-order valence-electron chi connectivity index (χ2n) is 8.10. The van der Waals surface area contributed by atoms with E-state index in [0.717, 1.165) is 52.5 Å². The third-order valence-corrected chi connectivity index (χ3v) is 8.06. The minimum Gasteiger partial charge on any atom is -0.381 e. The number of para-hydroxylation sites is 1. The van der Waals surface area contributed by atoms with Crippen LogP contribution >= 0.6 is 0 Å². The molecule has 1 N–H and O–H groups in total. The SMILES string of the molecule is CCN(c1ccccc1)S(=O)(=O)c1ccc(NCC(C2CCOC2)N2CCOCC2)nc1. The lowest BCUT2D eigenvalue weighted by atomic mass is 9.97. The molecule has 2 unspecified atom stereocenters. The maximum atomic E-state index is 13.2. The minimum atomic E-state index is -3.68. The molecule has 2 aliphatic rings. The van der Waals surface area contributed by atoms with Gasteiger partial charge in [-0.1, -0.05) is 18.2 Å². The van der Waals surface area contributed by atoms with Crippen LogP contribution in [0.5, 0.6) is 0 Å². The lowest BCUT2D eigenvalue weighted by molar-refractivity contribution is 0.00460. The van der Waals surface area contributed by atoms with Crippen LogP contribution in [0, 0.1) is 5.92 Å². The first kappa shape index (κ1) is 23.0. The number of ether oxygens (including phenoxy) is 2. The number of nitrogens with one attached hydrogen (secondary N) is 1. The van der Waals surface area contributed by atoms with E-state index in [1.807, 2.05) is 25.1 Å². The summed E-state index contributed by atoms with van der Waals surface area (Å²) in [5.74, 6) is 1.15. The summed E-state index contributed by atoms with van der Waals surface area (Å²) in [6.07, 6.45) is 2.49. The van der Waals surface area contributed by atoms with Crippen LogP contribution in [-0.4, -0.2) is 77.0 Å². The maximum absolute atomic E-state index is 13.2. The number of benzene rings is 1. The van der Waals surface area contributed by atoms with E-state index in [1.54, 1.807) is 24.3 Å². The van der Waals surface area contributed by atoms with Crippen LogP contribution in [0.4, 0.5) is 11.5 Å². The molecule has 0 bridgehead atoms. The van der Waals surface area contributed by atoms with E-state index in [-0.39, 0.29) is 4.90 Å². The lowest BCUT2D eigenvalue weighted by Gasteiger charge is -2.37. The number of morpholine rings is 1. The normalized spacial score (nSPS) is 20.7. The molecular weight excluding hydrogens is 428 g/mol. The molecule has 2 aliphatic heterocycles. The molecule has 1 aromatic heterocycles. The average Bonchev–Trinajstić information content (AvgIpc) is 3.36. The molecular formula is C23H32N4O4S. The van der Waals surface area contributed by atoms with Crippen LogP contribution in [0.2, 0.25) is 0 Å². The van der Waals surface area contributed by atoms with Crippen LogP contribution < -0.4 is 9.62 Å². The van der Waals surface area contributed by atoms with Gasteiger partial charge >= 0.3 is 0 Å². The van der Waals surface area contributed by atoms with E-state index < -0.39 is 10.0 Å². The standard InChI is InChI=1S/C23H32N4O4S/c1-2-27(20-6-4-3-5-7-20)32(28,29)21-8-9-23(24-16-21)25-17-22(19-10-13-31-18-19)26-11-14-30-15-12-26/h3-9,16,19,22H,2,10-15,17-18H2,1H3,(H,24,25). The van der Waals surface area contributed by atoms with Gasteiger partial charge in [0.25, 0.3) is 10.0 Å². The number of pyridine rings is 1. The highest BCUT2D eigenvalue weighted by Crippen LogP contribution is 2.25. The van der Waals surface area contributed by atoms with Gasteiger partial charge in [0.1, 0.15) is 10.7 Å². The Morgan fingerprint density at radius 2 is 1.91 bits per heavy atom. The van der Waals surface area contributed by atoms with Gasteiger partial charge in [0.15, 0.2) is 0 Å². The molecule has 3 heterocycles. The summed E-state index contributed by atoms with van der Waals surface area (Å²) in [5, 5.41) is 3.41. The van der Waals surface area contributed by atoms with Gasteiger partial charge < -0.3 is 14.8 Å². The molecule has 0 radical (unpaired) electrons. The number of anilines is 2. The molecule has 4 rings (SSSR count). The minimum absolute atomic E-state index is 0.183. The van der Waals surface area contributed by atoms with Crippen LogP contribution in [0.15, 0.2) is 53.6 Å². The summed E-state index contributed by atoms with van der Waals surface area (Å²) in [7, 11) is -3.68. The van der Waals surface area contributed by atoms with Crippen LogP contribution in [0.1, 0.15) is 13.3 Å². The van der Waals surface area contributed by atoms with Crippen LogP contribution in [-0.2, 0) is 19.5 Å². The second-order valence-corrected chi connectivity index (χ2v) is 9.97. The van der Waals surface area contributed by atoms with Crippen molar-refractivity contribution < 1.29 is 17.9 Å². The monoisotopic (exact) mass is 460 g/mol. The fourth-order valence-electron chi connectivity index (χ4n) is 4.42. The van der Waals surface area contributed by atoms with Crippen molar-refractivity contribution in [3.63, 3.8) is 0 Å². The van der Waals surface area contributed by atoms with E-state index in [9.17, 15) is 8.42 Å². The Morgan fingerprint density at radius 3 is 2.53 bits per heavy atom. The third kappa shape index (κ3) is 5.23. The number of aromatic nitrogens is 1. The van der Waals surface area contributed by atoms with Gasteiger partial charge in [-0.2, -0.15) is 0 Å². The van der Waals surface area contributed by atoms with E-state index in [0.29, 0.717) is 30.0 Å². The molecule has 32 heavy (non-hydrogen) atoms. The Labute approximate surface area is 190 Å². The van der Waals surface area contributed by atoms with E-state index in [4.69, 9.17) is 9.47 Å². The highest BCUT2D eigenvalue weighted by molar-refractivity contribution is 7.92. The van der Waals surface area contributed by atoms with Gasteiger partial charge in [0.05, 0.1) is 25.5 Å². The predicted octanol–water partition coefficient (Wildman–Crippen LogP) is 2.45. The first-order valence-electron chi connectivity index (χ1n) is 11.3. The first-order chi connectivity index (χ1) is 15.6. The summed E-state index contributed by atoms with van der Waals surface area (Å²) in [6, 6.07) is 12.8. The quantitative estimate of drug-likeness (QED) is 0.615. The fraction of sp³-hybridized carbons (Fsp3) is 0.522. The van der Waals surface area contributed by atoms with Crippen molar-refractivity contribution in [1.29, 1.82) is 0 Å². The Kier molecular flexibility index (Phi) is 7.62. The summed E-state index contributed by atoms with van der Waals surface area (Å²) < 4.78 is 38.8. The topological polar surface area (TPSA) is 84.0 Å². The van der Waals surface area contributed by atoms with Crippen LogP contribution in [0.3, 0.4) is 0 Å². The van der Waals surface area contributed by atoms with Gasteiger partial charge in [-0.3, -0.25) is 9.21 Å². The molecule has 2 fully saturated rings. The first-order valence-corrected chi connectivity index (χ1v) is 12.7. The van der Waals surface area contributed by atoms with Crippen LogP contribution in [0.25, 0.3) is 0 Å². The van der Waals surface area contributed by atoms with Gasteiger partial charge in [-0.05, 0) is 37.6 Å². The van der Waals surface area contributed by atoms with Crippen molar-refractivity contribution in [3.05, 3.63) is 48.7 Å². The third-order valence-electron chi connectivity index (χ3n) is 6.17. The number of hydrogen-bond donors (Lipinski definition) is 1. The molecule has 2 saturated heterocycles. The van der Waals surface area contributed by atoms with Gasteiger partial charge in [0, 0.05) is 50.9 Å². The largest absolute Gasteiger partial charge is 0.381 e. The Bertz CT molecular complexity index is 944. The number of rotatable bonds is 9. The van der Waals surface area contributed by atoms with Crippen molar-refractivity contribution in [2.24, 2.45) is 5.92 Å². The Hall–Kier alpha value is -2.20. The van der Waals surface area contributed by atoms with Crippen molar-refractivity contribution >= 4 is 21.5 Å². The van der Waals surface area contributed by atoms with E-state index >= 15 is 0 Å². The second kappa shape index (κ2) is 10.6. The molecule has 2 aromatic rings. The number of hydrogen-bond acceptors (Lipinski definition) is 7. The lowest BCUT2D eigenvalue weighted by Crippen LogP contribution is -2.50. The Morgan fingerprint density at radius 1 is 1.12 bits per heavy atom. The van der Waals surface area contributed by atoms with Crippen molar-refractivity contribution in [2.45, 2.75) is 24.3 Å². The molecule has 2 atom stereocenters. The van der Waals surface area contributed by atoms with Crippen molar-refractivity contribution in [2.75, 3.05) is 62.2 Å². The van der Waals surface area contributed by atoms with Gasteiger partial charge in [-0.15, -0.1) is 0 Å². The summed E-state index contributed by atoms with van der Waals surface area (Å²) in [4.78, 5) is 7.06. The molecule has 1 aromatic carbocycles. The van der Waals surface area contributed by atoms with E-state index in [1.165, 1.54) is 10.5 Å². The van der Waals surface area contributed by atoms with Crippen molar-refractivity contribution in [1.82, 2.24) is 9.88 Å². The molecule has 174 valence electrons. The van der Waals surface area contributed by atoms with Crippen molar-refractivity contribution in [3.8, 4) is 0 Å². The summed E-state index contributed by atoms with van der Waals surface area (Å²) in [5.41, 5.74) is 0.643. The van der Waals surface area contributed by atoms with Gasteiger partial charge in [0.2, 0.25) is 0 Å². The average molecular weight is 461 g/mol. The Balaban J connectivity index is 1.44. The molecule has 0 amide bonds. The molecule has 9 heteroatoms. The number of nitrogens with zero attached hydrogens (tertiary/aromatic N) is 3. The molecule has 8 nitrogen and oxygen atoms in total. The zero-order valence-electron chi connectivity index (χ0n) is 18.5. The fourth-order valence-corrected chi connectivity index (χ4v) is 5.84. The molecule has 0 spiro atoms. The highest BCUT2D eigenvalue weighted by atomic mass is 32.2. The molecule has 0 saturated carbocycles.